The quantitative estimate of drug-likeness (QED) is 0.226. The van der Waals surface area contributed by atoms with Gasteiger partial charge in [0, 0.05) is 20.1 Å². The Hall–Kier alpha value is -0.570. The Labute approximate surface area is 164 Å². The summed E-state index contributed by atoms with van der Waals surface area (Å²) in [5.41, 5.74) is 0. The second-order valence-corrected chi connectivity index (χ2v) is 7.75. The van der Waals surface area contributed by atoms with Crippen molar-refractivity contribution in [3.63, 3.8) is 0 Å². The van der Waals surface area contributed by atoms with Crippen LogP contribution in [0.1, 0.15) is 122 Å². The Balaban J connectivity index is 3.06. The van der Waals surface area contributed by atoms with Crippen LogP contribution < -0.4 is 5.32 Å². The maximum Gasteiger partial charge on any atom is 0.220 e. The number of nitrogens with one attached hydrogen (secondary N) is 1. The number of methoxy groups -OCH3 is 1. The van der Waals surface area contributed by atoms with Gasteiger partial charge in [0.2, 0.25) is 5.91 Å². The van der Waals surface area contributed by atoms with Gasteiger partial charge in [-0.25, -0.2) is 0 Å². The second-order valence-electron chi connectivity index (χ2n) is 7.75. The summed E-state index contributed by atoms with van der Waals surface area (Å²) in [6.07, 6.45) is 24.0. The standard InChI is InChI=1S/C23H47NO2/c1-3-4-5-6-7-8-9-10-11-12-13-14-15-16-17-18-19-20-23(25)24-21-22-26-2/h3-22H2,1-2H3,(H,24,25). The predicted molar refractivity (Wildman–Crippen MR) is 114 cm³/mol. The van der Waals surface area contributed by atoms with Crippen LogP contribution in [0.2, 0.25) is 0 Å². The molecular weight excluding hydrogens is 322 g/mol. The number of ether oxygens (including phenoxy) is 1. The molecule has 1 amide bonds. The first-order valence-electron chi connectivity index (χ1n) is 11.6. The van der Waals surface area contributed by atoms with Crippen LogP contribution in [0.4, 0.5) is 0 Å². The van der Waals surface area contributed by atoms with E-state index in [-0.39, 0.29) is 5.91 Å². The summed E-state index contributed by atoms with van der Waals surface area (Å²) in [6.45, 7) is 3.52. The molecule has 0 aliphatic carbocycles. The smallest absolute Gasteiger partial charge is 0.220 e. The molecule has 1 N–H and O–H groups in total. The van der Waals surface area contributed by atoms with E-state index in [2.05, 4.69) is 12.2 Å². The van der Waals surface area contributed by atoms with Gasteiger partial charge in [0.1, 0.15) is 0 Å². The molecule has 26 heavy (non-hydrogen) atoms. The molecule has 0 heterocycles. The summed E-state index contributed by atoms with van der Waals surface area (Å²) < 4.78 is 4.92. The van der Waals surface area contributed by atoms with Gasteiger partial charge in [-0.1, -0.05) is 110 Å². The topological polar surface area (TPSA) is 38.3 Å². The van der Waals surface area contributed by atoms with Crippen molar-refractivity contribution in [3.05, 3.63) is 0 Å². The molecule has 3 nitrogen and oxygen atoms in total. The highest BCUT2D eigenvalue weighted by Gasteiger charge is 2.00. The molecule has 0 radical (unpaired) electrons. The number of hydrogen-bond donors (Lipinski definition) is 1. The van der Waals surface area contributed by atoms with Crippen molar-refractivity contribution >= 4 is 5.91 Å². The molecule has 0 rings (SSSR count). The number of hydrogen-bond acceptors (Lipinski definition) is 2. The minimum absolute atomic E-state index is 0.169. The number of amides is 1. The lowest BCUT2D eigenvalue weighted by Crippen LogP contribution is -2.26. The van der Waals surface area contributed by atoms with Gasteiger partial charge in [0.15, 0.2) is 0 Å². The van der Waals surface area contributed by atoms with Gasteiger partial charge in [-0.15, -0.1) is 0 Å². The van der Waals surface area contributed by atoms with E-state index < -0.39 is 0 Å². The number of unbranched alkanes of at least 4 members (excludes halogenated alkanes) is 16. The van der Waals surface area contributed by atoms with E-state index in [0.717, 1.165) is 6.42 Å². The first-order valence-corrected chi connectivity index (χ1v) is 11.6. The zero-order chi connectivity index (χ0) is 19.1. The number of carbonyl (C=O) groups excluding carboxylic acids is 1. The fourth-order valence-corrected chi connectivity index (χ4v) is 3.39. The molecule has 0 aromatic heterocycles. The molecule has 156 valence electrons. The zero-order valence-corrected chi connectivity index (χ0v) is 18.0. The summed E-state index contributed by atoms with van der Waals surface area (Å²) in [6, 6.07) is 0. The normalized spacial score (nSPS) is 11.0. The molecular formula is C23H47NO2. The van der Waals surface area contributed by atoms with E-state index in [0.29, 0.717) is 19.6 Å². The zero-order valence-electron chi connectivity index (χ0n) is 18.0. The van der Waals surface area contributed by atoms with Crippen LogP contribution in [0.25, 0.3) is 0 Å². The van der Waals surface area contributed by atoms with Crippen molar-refractivity contribution in [2.24, 2.45) is 0 Å². The monoisotopic (exact) mass is 369 g/mol. The minimum atomic E-state index is 0.169. The SMILES string of the molecule is CCCCCCCCCCCCCCCCCCCC(=O)NCCOC. The summed E-state index contributed by atoms with van der Waals surface area (Å²) in [4.78, 5) is 11.5. The molecule has 0 unspecified atom stereocenters. The molecule has 0 atom stereocenters. The average molecular weight is 370 g/mol. The van der Waals surface area contributed by atoms with E-state index in [9.17, 15) is 4.79 Å². The van der Waals surface area contributed by atoms with Crippen molar-refractivity contribution in [3.8, 4) is 0 Å². The highest BCUT2D eigenvalue weighted by Crippen LogP contribution is 2.14. The Morgan fingerprint density at radius 2 is 1.04 bits per heavy atom. The molecule has 0 aromatic carbocycles. The van der Waals surface area contributed by atoms with Crippen LogP contribution in [-0.4, -0.2) is 26.2 Å². The van der Waals surface area contributed by atoms with Crippen LogP contribution in [-0.2, 0) is 9.53 Å². The van der Waals surface area contributed by atoms with Crippen LogP contribution in [0.15, 0.2) is 0 Å². The Morgan fingerprint density at radius 1 is 0.654 bits per heavy atom. The van der Waals surface area contributed by atoms with E-state index >= 15 is 0 Å². The molecule has 0 aliphatic rings. The van der Waals surface area contributed by atoms with Crippen molar-refractivity contribution in [1.29, 1.82) is 0 Å². The van der Waals surface area contributed by atoms with Crippen molar-refractivity contribution in [2.45, 2.75) is 122 Å². The highest BCUT2D eigenvalue weighted by atomic mass is 16.5. The molecule has 0 saturated heterocycles. The summed E-state index contributed by atoms with van der Waals surface area (Å²) in [5, 5.41) is 2.87. The minimum Gasteiger partial charge on any atom is -0.383 e. The lowest BCUT2D eigenvalue weighted by Gasteiger charge is -2.05. The van der Waals surface area contributed by atoms with Gasteiger partial charge in [0.25, 0.3) is 0 Å². The maximum absolute atomic E-state index is 11.5. The predicted octanol–water partition coefficient (Wildman–Crippen LogP) is 6.79. The van der Waals surface area contributed by atoms with E-state index in [1.807, 2.05) is 0 Å². The van der Waals surface area contributed by atoms with Gasteiger partial charge in [-0.2, -0.15) is 0 Å². The molecule has 0 fully saturated rings. The van der Waals surface area contributed by atoms with Gasteiger partial charge >= 0.3 is 0 Å². The molecule has 0 spiro atoms. The van der Waals surface area contributed by atoms with E-state index in [1.54, 1.807) is 7.11 Å². The fraction of sp³-hybridized carbons (Fsp3) is 0.957. The third-order valence-electron chi connectivity index (χ3n) is 5.14. The third-order valence-corrected chi connectivity index (χ3v) is 5.14. The third kappa shape index (κ3) is 21.5. The number of rotatable bonds is 21. The van der Waals surface area contributed by atoms with Crippen molar-refractivity contribution < 1.29 is 9.53 Å². The van der Waals surface area contributed by atoms with Gasteiger partial charge < -0.3 is 10.1 Å². The molecule has 0 aromatic rings. The van der Waals surface area contributed by atoms with Crippen LogP contribution in [0, 0.1) is 0 Å². The summed E-state index contributed by atoms with van der Waals surface area (Å²) in [5.74, 6) is 0.169. The molecule has 0 saturated carbocycles. The van der Waals surface area contributed by atoms with Crippen molar-refractivity contribution in [2.75, 3.05) is 20.3 Å². The average Bonchev–Trinajstić information content (AvgIpc) is 2.64. The summed E-state index contributed by atoms with van der Waals surface area (Å²) in [7, 11) is 1.66. The Morgan fingerprint density at radius 3 is 1.42 bits per heavy atom. The van der Waals surface area contributed by atoms with E-state index in [4.69, 9.17) is 4.74 Å². The first-order chi connectivity index (χ1) is 12.8. The lowest BCUT2D eigenvalue weighted by atomic mass is 10.0. The summed E-state index contributed by atoms with van der Waals surface area (Å²) >= 11 is 0. The lowest BCUT2D eigenvalue weighted by molar-refractivity contribution is -0.121. The van der Waals surface area contributed by atoms with Gasteiger partial charge in [0.05, 0.1) is 6.61 Å². The largest absolute Gasteiger partial charge is 0.383 e. The molecule has 0 bridgehead atoms. The molecule has 0 aliphatic heterocycles. The fourth-order valence-electron chi connectivity index (χ4n) is 3.39. The van der Waals surface area contributed by atoms with Crippen LogP contribution in [0.5, 0.6) is 0 Å². The second kappa shape index (κ2) is 22.5. The van der Waals surface area contributed by atoms with Crippen LogP contribution >= 0.6 is 0 Å². The van der Waals surface area contributed by atoms with E-state index in [1.165, 1.54) is 103 Å². The Bertz CT molecular complexity index is 281. The molecule has 3 heteroatoms. The first kappa shape index (κ1) is 25.4. The number of carbonyl (C=O) groups is 1. The van der Waals surface area contributed by atoms with Gasteiger partial charge in [-0.3, -0.25) is 4.79 Å². The van der Waals surface area contributed by atoms with Crippen LogP contribution in [0.3, 0.4) is 0 Å². The Kier molecular flexibility index (Phi) is 22.0. The van der Waals surface area contributed by atoms with Gasteiger partial charge in [-0.05, 0) is 6.42 Å². The maximum atomic E-state index is 11.5. The highest BCUT2D eigenvalue weighted by molar-refractivity contribution is 5.75. The van der Waals surface area contributed by atoms with Crippen molar-refractivity contribution in [1.82, 2.24) is 5.32 Å².